The van der Waals surface area contributed by atoms with Crippen LogP contribution in [-0.4, -0.2) is 51.3 Å². The van der Waals surface area contributed by atoms with Crippen LogP contribution in [0.15, 0.2) is 36.7 Å². The van der Waals surface area contributed by atoms with Gasteiger partial charge in [-0.3, -0.25) is 9.20 Å². The van der Waals surface area contributed by atoms with E-state index in [1.807, 2.05) is 29.2 Å². The molecule has 3 aromatic rings. The molecule has 4 rings (SSSR count). The zero-order chi connectivity index (χ0) is 19.1. The van der Waals surface area contributed by atoms with Crippen LogP contribution in [0.3, 0.4) is 0 Å². The lowest BCUT2D eigenvalue weighted by molar-refractivity contribution is 0.0674. The van der Waals surface area contributed by atoms with Gasteiger partial charge in [-0.05, 0) is 26.0 Å². The highest BCUT2D eigenvalue weighted by Crippen LogP contribution is 2.26. The van der Waals surface area contributed by atoms with Gasteiger partial charge >= 0.3 is 5.97 Å². The number of hydrogen-bond acceptors (Lipinski definition) is 5. The molecular weight excluding hydrogens is 368 g/mol. The zero-order valence-corrected chi connectivity index (χ0v) is 15.7. The monoisotopic (exact) mass is 386 g/mol. The molecular formula is C19H19ClN4O3. The van der Waals surface area contributed by atoms with Crippen molar-refractivity contribution in [3.05, 3.63) is 47.9 Å². The van der Waals surface area contributed by atoms with Crippen LogP contribution in [0, 0.1) is 0 Å². The lowest BCUT2D eigenvalue weighted by atomic mass is 10.0. The second kappa shape index (κ2) is 6.83. The lowest BCUT2D eigenvalue weighted by Gasteiger charge is -2.36. The Bertz CT molecular complexity index is 1040. The first-order valence-corrected chi connectivity index (χ1v) is 9.07. The Kier molecular flexibility index (Phi) is 4.49. The molecule has 8 heteroatoms. The number of halogens is 1. The van der Waals surface area contributed by atoms with Gasteiger partial charge in [-0.2, -0.15) is 0 Å². The Hall–Kier alpha value is -2.64. The van der Waals surface area contributed by atoms with Crippen molar-refractivity contribution in [3.8, 4) is 0 Å². The quantitative estimate of drug-likeness (QED) is 0.732. The summed E-state index contributed by atoms with van der Waals surface area (Å²) in [5.41, 5.74) is 1.88. The minimum absolute atomic E-state index is 0.0692. The van der Waals surface area contributed by atoms with Gasteiger partial charge in [0.15, 0.2) is 5.69 Å². The fraction of sp³-hybridized carbons (Fsp3) is 0.316. The first-order valence-electron chi connectivity index (χ1n) is 8.76. The molecule has 1 amide bonds. The number of nitrogens with zero attached hydrogens (tertiary/aromatic N) is 3. The van der Waals surface area contributed by atoms with Crippen molar-refractivity contribution < 1.29 is 13.9 Å². The molecule has 0 unspecified atom stereocenters. The van der Waals surface area contributed by atoms with Crippen LogP contribution in [0.1, 0.15) is 34.7 Å². The van der Waals surface area contributed by atoms with Gasteiger partial charge < -0.3 is 14.5 Å². The van der Waals surface area contributed by atoms with E-state index in [4.69, 9.17) is 11.9 Å². The Morgan fingerprint density at radius 1 is 1.19 bits per heavy atom. The fourth-order valence-electron chi connectivity index (χ4n) is 3.85. The van der Waals surface area contributed by atoms with Crippen LogP contribution in [0.2, 0.25) is 0 Å². The second-order valence-electron chi connectivity index (χ2n) is 6.97. The van der Waals surface area contributed by atoms with E-state index in [1.54, 1.807) is 10.5 Å². The number of para-hydroxylation sites is 1. The SMILES string of the molecule is C[C@@H]1CN(C(=O)c2cc3c(C(=O)OCl)ncn3c3ccccc23)C[C@H](C)N1. The highest BCUT2D eigenvalue weighted by atomic mass is 35.5. The van der Waals surface area contributed by atoms with Gasteiger partial charge in [0, 0.05) is 30.6 Å². The number of hydrogen-bond donors (Lipinski definition) is 1. The van der Waals surface area contributed by atoms with Crippen LogP contribution in [0.4, 0.5) is 0 Å². The smallest absolute Gasteiger partial charge is 0.342 e. The van der Waals surface area contributed by atoms with Crippen molar-refractivity contribution in [2.45, 2.75) is 25.9 Å². The molecule has 1 aliphatic rings. The molecule has 3 heterocycles. The molecule has 1 aliphatic heterocycles. The molecule has 0 saturated carbocycles. The average Bonchev–Trinajstić information content (AvgIpc) is 3.09. The molecule has 0 radical (unpaired) electrons. The molecule has 1 aromatic carbocycles. The zero-order valence-electron chi connectivity index (χ0n) is 15.0. The van der Waals surface area contributed by atoms with Crippen molar-refractivity contribution in [3.63, 3.8) is 0 Å². The first-order chi connectivity index (χ1) is 13.0. The van der Waals surface area contributed by atoms with E-state index in [9.17, 15) is 9.59 Å². The number of carbonyl (C=O) groups is 2. The van der Waals surface area contributed by atoms with Crippen LogP contribution in [-0.2, 0) is 4.29 Å². The number of nitrogens with one attached hydrogen (secondary N) is 1. The molecule has 2 atom stereocenters. The third kappa shape index (κ3) is 3.02. The third-order valence-electron chi connectivity index (χ3n) is 4.88. The Balaban J connectivity index is 1.90. The summed E-state index contributed by atoms with van der Waals surface area (Å²) in [5, 5.41) is 4.23. The van der Waals surface area contributed by atoms with E-state index in [0.29, 0.717) is 24.2 Å². The van der Waals surface area contributed by atoms with E-state index >= 15 is 0 Å². The molecule has 140 valence electrons. The highest BCUT2D eigenvalue weighted by molar-refractivity contribution is 6.17. The molecule has 0 bridgehead atoms. The number of pyridine rings is 1. The predicted octanol–water partition coefficient (Wildman–Crippen LogP) is 2.62. The topological polar surface area (TPSA) is 75.9 Å². The lowest BCUT2D eigenvalue weighted by Crippen LogP contribution is -2.55. The Labute approximate surface area is 161 Å². The number of imidazole rings is 1. The standard InChI is InChI=1S/C19H19ClN4O3/c1-11-8-23(9-12(2)22-11)18(25)14-7-16-17(19(26)27-20)21-10-24(16)15-6-4-3-5-13(14)15/h3-7,10-12,22H,8-9H2,1-2H3/t11-,12+. The molecule has 27 heavy (non-hydrogen) atoms. The van der Waals surface area contributed by atoms with Crippen molar-refractivity contribution in [1.82, 2.24) is 19.6 Å². The number of fused-ring (bicyclic) bond motifs is 3. The molecule has 1 N–H and O–H groups in total. The van der Waals surface area contributed by atoms with Crippen LogP contribution in [0.5, 0.6) is 0 Å². The van der Waals surface area contributed by atoms with Crippen LogP contribution in [0.25, 0.3) is 16.4 Å². The second-order valence-corrected chi connectivity index (χ2v) is 7.12. The number of rotatable bonds is 2. The van der Waals surface area contributed by atoms with Gasteiger partial charge in [0.2, 0.25) is 0 Å². The van der Waals surface area contributed by atoms with Crippen LogP contribution < -0.4 is 5.32 Å². The van der Waals surface area contributed by atoms with Gasteiger partial charge in [0.25, 0.3) is 5.91 Å². The number of benzene rings is 1. The number of amides is 1. The maximum Gasteiger partial charge on any atom is 0.377 e. The molecule has 7 nitrogen and oxygen atoms in total. The highest BCUT2D eigenvalue weighted by Gasteiger charge is 2.28. The van der Waals surface area contributed by atoms with Gasteiger partial charge in [-0.15, -0.1) is 0 Å². The number of aromatic nitrogens is 2. The summed E-state index contributed by atoms with van der Waals surface area (Å²) in [6, 6.07) is 9.67. The van der Waals surface area contributed by atoms with Crippen molar-refractivity contribution in [2.75, 3.05) is 13.1 Å². The van der Waals surface area contributed by atoms with Gasteiger partial charge in [-0.25, -0.2) is 9.78 Å². The van der Waals surface area contributed by atoms with Gasteiger partial charge in [0.05, 0.1) is 16.6 Å². The molecule has 2 aromatic heterocycles. The van der Waals surface area contributed by atoms with Crippen molar-refractivity contribution in [2.24, 2.45) is 0 Å². The van der Waals surface area contributed by atoms with E-state index < -0.39 is 5.97 Å². The maximum absolute atomic E-state index is 13.3. The normalized spacial score (nSPS) is 20.2. The van der Waals surface area contributed by atoms with Gasteiger partial charge in [-0.1, -0.05) is 18.2 Å². The Morgan fingerprint density at radius 2 is 1.89 bits per heavy atom. The summed E-state index contributed by atoms with van der Waals surface area (Å²) in [6.07, 6.45) is 1.53. The first kappa shape index (κ1) is 17.8. The minimum Gasteiger partial charge on any atom is -0.342 e. The minimum atomic E-state index is -0.753. The van der Waals surface area contributed by atoms with Crippen LogP contribution >= 0.6 is 11.9 Å². The molecule has 1 fully saturated rings. The van der Waals surface area contributed by atoms with Crippen molar-refractivity contribution >= 4 is 40.2 Å². The third-order valence-corrected chi connectivity index (χ3v) is 5.02. The number of piperazine rings is 1. The average molecular weight is 387 g/mol. The Morgan fingerprint density at radius 3 is 2.59 bits per heavy atom. The molecule has 0 aliphatic carbocycles. The summed E-state index contributed by atoms with van der Waals surface area (Å²) in [4.78, 5) is 31.3. The largest absolute Gasteiger partial charge is 0.377 e. The van der Waals surface area contributed by atoms with E-state index in [2.05, 4.69) is 28.4 Å². The summed E-state index contributed by atoms with van der Waals surface area (Å²) < 4.78 is 6.08. The fourth-order valence-corrected chi connectivity index (χ4v) is 3.92. The van der Waals surface area contributed by atoms with E-state index in [0.717, 1.165) is 10.9 Å². The maximum atomic E-state index is 13.3. The predicted molar refractivity (Wildman–Crippen MR) is 102 cm³/mol. The number of carbonyl (C=O) groups excluding carboxylic acids is 2. The summed E-state index contributed by atoms with van der Waals surface area (Å²) in [7, 11) is 0. The summed E-state index contributed by atoms with van der Waals surface area (Å²) >= 11 is 5.24. The molecule has 1 saturated heterocycles. The summed E-state index contributed by atoms with van der Waals surface area (Å²) in [5.74, 6) is -0.822. The molecule has 0 spiro atoms. The van der Waals surface area contributed by atoms with Crippen molar-refractivity contribution in [1.29, 1.82) is 0 Å². The van der Waals surface area contributed by atoms with Gasteiger partial charge in [0.1, 0.15) is 18.2 Å². The summed E-state index contributed by atoms with van der Waals surface area (Å²) in [6.45, 7) is 5.36. The van der Waals surface area contributed by atoms with E-state index in [1.165, 1.54) is 6.33 Å². The van der Waals surface area contributed by atoms with E-state index in [-0.39, 0.29) is 23.7 Å².